The van der Waals surface area contributed by atoms with Gasteiger partial charge in [0.1, 0.15) is 6.54 Å². The molecule has 0 aromatic heterocycles. The second-order valence-electron chi connectivity index (χ2n) is 3.38. The first-order valence-electron chi connectivity index (χ1n) is 4.92. The van der Waals surface area contributed by atoms with E-state index in [1.165, 1.54) is 12.1 Å². The van der Waals surface area contributed by atoms with Gasteiger partial charge in [-0.15, -0.1) is 0 Å². The number of aryl methyl sites for hydroxylation is 1. The summed E-state index contributed by atoms with van der Waals surface area (Å²) in [6, 6.07) is 3.72. The average molecular weight is 243 g/mol. The summed E-state index contributed by atoms with van der Waals surface area (Å²) in [5, 5.41) is 10.4. The van der Waals surface area contributed by atoms with Crippen LogP contribution in [0.3, 0.4) is 0 Å². The van der Waals surface area contributed by atoms with E-state index in [9.17, 15) is 18.4 Å². The number of nitrogens with one attached hydrogen (secondary N) is 1. The highest BCUT2D eigenvalue weighted by molar-refractivity contribution is 5.81. The first-order chi connectivity index (χ1) is 8.00. The van der Waals surface area contributed by atoms with E-state index >= 15 is 0 Å². The van der Waals surface area contributed by atoms with E-state index in [-0.39, 0.29) is 18.4 Å². The van der Waals surface area contributed by atoms with Crippen molar-refractivity contribution in [1.82, 2.24) is 5.32 Å². The van der Waals surface area contributed by atoms with Crippen LogP contribution in [0.2, 0.25) is 0 Å². The van der Waals surface area contributed by atoms with Crippen LogP contribution in [-0.4, -0.2) is 23.5 Å². The fraction of sp³-hybridized carbons (Fsp3) is 0.273. The van der Waals surface area contributed by atoms with Crippen molar-refractivity contribution in [3.63, 3.8) is 0 Å². The van der Waals surface area contributed by atoms with Crippen molar-refractivity contribution >= 4 is 11.9 Å². The van der Waals surface area contributed by atoms with Gasteiger partial charge in [0.15, 0.2) is 11.6 Å². The molecule has 1 aromatic carbocycles. The summed E-state index contributed by atoms with van der Waals surface area (Å²) in [4.78, 5) is 21.3. The van der Waals surface area contributed by atoms with E-state index in [0.717, 1.165) is 6.07 Å². The number of hydrogen-bond acceptors (Lipinski definition) is 2. The second kappa shape index (κ2) is 5.93. The minimum absolute atomic E-state index is 0.0229. The van der Waals surface area contributed by atoms with Crippen LogP contribution < -0.4 is 5.32 Å². The Labute approximate surface area is 96.3 Å². The van der Waals surface area contributed by atoms with Crippen molar-refractivity contribution in [2.45, 2.75) is 12.8 Å². The summed E-state index contributed by atoms with van der Waals surface area (Å²) < 4.78 is 26.0. The highest BCUT2D eigenvalue weighted by Crippen LogP contribution is 2.12. The summed E-state index contributed by atoms with van der Waals surface area (Å²) in [6.45, 7) is -0.482. The molecule has 0 fully saturated rings. The van der Waals surface area contributed by atoms with Crippen molar-refractivity contribution < 1.29 is 23.5 Å². The number of amides is 1. The average Bonchev–Trinajstić information content (AvgIpc) is 2.28. The van der Waals surface area contributed by atoms with Crippen LogP contribution in [0.1, 0.15) is 12.0 Å². The van der Waals surface area contributed by atoms with Gasteiger partial charge in [-0.05, 0) is 18.1 Å². The Kier molecular flexibility index (Phi) is 4.56. The van der Waals surface area contributed by atoms with Crippen molar-refractivity contribution in [2.75, 3.05) is 6.54 Å². The molecule has 0 unspecified atom stereocenters. The first-order valence-corrected chi connectivity index (χ1v) is 4.92. The van der Waals surface area contributed by atoms with Crippen LogP contribution in [0.4, 0.5) is 8.78 Å². The smallest absolute Gasteiger partial charge is 0.322 e. The molecule has 0 bridgehead atoms. The number of carboxylic acid groups (broad SMARTS) is 1. The van der Waals surface area contributed by atoms with Gasteiger partial charge in [0.25, 0.3) is 0 Å². The molecule has 92 valence electrons. The van der Waals surface area contributed by atoms with Gasteiger partial charge in [-0.25, -0.2) is 8.78 Å². The lowest BCUT2D eigenvalue weighted by atomic mass is 10.1. The lowest BCUT2D eigenvalue weighted by Gasteiger charge is -2.04. The molecule has 0 spiro atoms. The minimum Gasteiger partial charge on any atom is -0.480 e. The number of carbonyl (C=O) groups is 2. The summed E-state index contributed by atoms with van der Waals surface area (Å²) in [5.41, 5.74) is 0.0930. The van der Waals surface area contributed by atoms with Crippen molar-refractivity contribution in [3.05, 3.63) is 35.4 Å². The van der Waals surface area contributed by atoms with Crippen LogP contribution in [0.15, 0.2) is 18.2 Å². The van der Waals surface area contributed by atoms with Gasteiger partial charge in [0.05, 0.1) is 0 Å². The zero-order valence-corrected chi connectivity index (χ0v) is 8.87. The number of aliphatic carboxylic acids is 1. The van der Waals surface area contributed by atoms with E-state index in [0.29, 0.717) is 0 Å². The molecular weight excluding hydrogens is 232 g/mol. The van der Waals surface area contributed by atoms with Gasteiger partial charge in [0, 0.05) is 6.42 Å². The fourth-order valence-corrected chi connectivity index (χ4v) is 1.25. The number of halogens is 2. The van der Waals surface area contributed by atoms with E-state index in [2.05, 4.69) is 5.32 Å². The topological polar surface area (TPSA) is 66.4 Å². The molecule has 1 amide bonds. The second-order valence-corrected chi connectivity index (χ2v) is 3.38. The maximum Gasteiger partial charge on any atom is 0.322 e. The SMILES string of the molecule is O=C(O)CNC(=O)CCc1cccc(F)c1F. The molecular formula is C11H11F2NO3. The Balaban J connectivity index is 2.47. The number of benzene rings is 1. The normalized spacial score (nSPS) is 10.0. The summed E-state index contributed by atoms with van der Waals surface area (Å²) in [7, 11) is 0. The number of hydrogen-bond donors (Lipinski definition) is 2. The summed E-state index contributed by atoms with van der Waals surface area (Å²) in [5.74, 6) is -3.61. The standard InChI is InChI=1S/C11H11F2NO3/c12-8-3-1-2-7(11(8)13)4-5-9(15)14-6-10(16)17/h1-3H,4-6H2,(H,14,15)(H,16,17). The molecule has 2 N–H and O–H groups in total. The molecule has 0 aliphatic heterocycles. The monoisotopic (exact) mass is 243 g/mol. The third kappa shape index (κ3) is 4.18. The molecule has 0 aliphatic carbocycles. The number of rotatable bonds is 5. The van der Waals surface area contributed by atoms with Crippen LogP contribution >= 0.6 is 0 Å². The summed E-state index contributed by atoms with van der Waals surface area (Å²) >= 11 is 0. The molecule has 4 nitrogen and oxygen atoms in total. The maximum absolute atomic E-state index is 13.2. The highest BCUT2D eigenvalue weighted by atomic mass is 19.2. The van der Waals surface area contributed by atoms with Gasteiger partial charge in [0.2, 0.25) is 5.91 Å². The van der Waals surface area contributed by atoms with Crippen LogP contribution in [0, 0.1) is 11.6 Å². The minimum atomic E-state index is -1.16. The Hall–Kier alpha value is -1.98. The molecule has 0 atom stereocenters. The van der Waals surface area contributed by atoms with Crippen LogP contribution in [0.5, 0.6) is 0 Å². The van der Waals surface area contributed by atoms with E-state index in [1.807, 2.05) is 0 Å². The third-order valence-electron chi connectivity index (χ3n) is 2.09. The molecule has 0 saturated carbocycles. The predicted octanol–water partition coefficient (Wildman–Crippen LogP) is 1.10. The Bertz CT molecular complexity index is 435. The van der Waals surface area contributed by atoms with Gasteiger partial charge < -0.3 is 10.4 Å². The van der Waals surface area contributed by atoms with Crippen molar-refractivity contribution in [2.24, 2.45) is 0 Å². The van der Waals surface area contributed by atoms with Crippen LogP contribution in [0.25, 0.3) is 0 Å². The van der Waals surface area contributed by atoms with E-state index in [1.54, 1.807) is 0 Å². The van der Waals surface area contributed by atoms with Crippen LogP contribution in [-0.2, 0) is 16.0 Å². The highest BCUT2D eigenvalue weighted by Gasteiger charge is 2.10. The van der Waals surface area contributed by atoms with Crippen molar-refractivity contribution in [1.29, 1.82) is 0 Å². The largest absolute Gasteiger partial charge is 0.480 e. The number of carbonyl (C=O) groups excluding carboxylic acids is 1. The molecule has 1 rings (SSSR count). The number of carboxylic acids is 1. The summed E-state index contributed by atoms with van der Waals surface area (Å²) in [6.07, 6.45) is -0.0668. The molecule has 0 heterocycles. The van der Waals surface area contributed by atoms with E-state index < -0.39 is 30.1 Å². The maximum atomic E-state index is 13.2. The molecule has 6 heteroatoms. The van der Waals surface area contributed by atoms with E-state index in [4.69, 9.17) is 5.11 Å². The third-order valence-corrected chi connectivity index (χ3v) is 2.09. The zero-order valence-electron chi connectivity index (χ0n) is 8.87. The quantitative estimate of drug-likeness (QED) is 0.813. The molecule has 17 heavy (non-hydrogen) atoms. The zero-order chi connectivity index (χ0) is 12.8. The lowest BCUT2D eigenvalue weighted by Crippen LogP contribution is -2.29. The van der Waals surface area contributed by atoms with Gasteiger partial charge in [-0.1, -0.05) is 12.1 Å². The molecule has 0 saturated heterocycles. The Morgan fingerprint density at radius 2 is 2.00 bits per heavy atom. The Morgan fingerprint density at radius 3 is 2.65 bits per heavy atom. The Morgan fingerprint density at radius 1 is 1.29 bits per heavy atom. The fourth-order valence-electron chi connectivity index (χ4n) is 1.25. The molecule has 0 aliphatic rings. The predicted molar refractivity (Wildman–Crippen MR) is 55.3 cm³/mol. The first kappa shape index (κ1) is 13.1. The van der Waals surface area contributed by atoms with Crippen molar-refractivity contribution in [3.8, 4) is 0 Å². The molecule has 0 radical (unpaired) electrons. The van der Waals surface area contributed by atoms with Gasteiger partial charge >= 0.3 is 5.97 Å². The molecule has 1 aromatic rings. The lowest BCUT2D eigenvalue weighted by molar-refractivity contribution is -0.137. The van der Waals surface area contributed by atoms with Gasteiger partial charge in [-0.2, -0.15) is 0 Å². The van der Waals surface area contributed by atoms with Gasteiger partial charge in [-0.3, -0.25) is 9.59 Å².